The van der Waals surface area contributed by atoms with Crippen molar-refractivity contribution >= 4 is 102 Å². The van der Waals surface area contributed by atoms with Crippen LogP contribution in [0.3, 0.4) is 0 Å². The van der Waals surface area contributed by atoms with Gasteiger partial charge in [-0.05, 0) is 128 Å². The van der Waals surface area contributed by atoms with Crippen LogP contribution in [0.1, 0.15) is 88.1 Å². The molecular formula is C49H51N11O3S2. The van der Waals surface area contributed by atoms with Gasteiger partial charge in [-0.1, -0.05) is 0 Å². The van der Waals surface area contributed by atoms with Gasteiger partial charge in [0.15, 0.2) is 0 Å². The summed E-state index contributed by atoms with van der Waals surface area (Å²) in [6.45, 7) is 7.69. The highest BCUT2D eigenvalue weighted by molar-refractivity contribution is 7.19. The average Bonchev–Trinajstić information content (AvgIpc) is 4.16. The average molecular weight is 906 g/mol. The summed E-state index contributed by atoms with van der Waals surface area (Å²) in [5.74, 6) is 1.14. The molecule has 0 spiro atoms. The molecule has 0 radical (unpaired) electrons. The highest BCUT2D eigenvalue weighted by atomic mass is 32.1. The normalized spacial score (nSPS) is 20.3. The maximum Gasteiger partial charge on any atom is 0.306 e. The molecule has 13 rings (SSSR count). The number of anilines is 6. The lowest BCUT2D eigenvalue weighted by Crippen LogP contribution is -2.46. The van der Waals surface area contributed by atoms with Gasteiger partial charge in [-0.2, -0.15) is 0 Å². The first kappa shape index (κ1) is 40.5. The fraction of sp³-hybridized carbons (Fsp3) is 0.429. The summed E-state index contributed by atoms with van der Waals surface area (Å²) in [5, 5.41) is 19.0. The van der Waals surface area contributed by atoms with E-state index in [-0.39, 0.29) is 11.8 Å². The van der Waals surface area contributed by atoms with Crippen LogP contribution in [0.2, 0.25) is 0 Å². The Bertz CT molecular complexity index is 2940. The minimum Gasteiger partial charge on any atom is -0.481 e. The molecule has 1 amide bonds. The van der Waals surface area contributed by atoms with Crippen molar-refractivity contribution in [1.29, 1.82) is 0 Å². The smallest absolute Gasteiger partial charge is 0.306 e. The van der Waals surface area contributed by atoms with Crippen LogP contribution in [-0.2, 0) is 48.4 Å². The number of nitrogens with one attached hydrogen (secondary N) is 2. The maximum absolute atomic E-state index is 12.8. The molecule has 0 saturated carbocycles. The van der Waals surface area contributed by atoms with Crippen LogP contribution in [0.15, 0.2) is 46.9 Å². The number of aryl methyl sites for hydroxylation is 2. The van der Waals surface area contributed by atoms with Crippen molar-refractivity contribution in [1.82, 2.24) is 24.8 Å². The quantitative estimate of drug-likeness (QED) is 0.134. The van der Waals surface area contributed by atoms with Gasteiger partial charge in [-0.25, -0.2) is 19.9 Å². The second-order valence-corrected chi connectivity index (χ2v) is 20.6. The van der Waals surface area contributed by atoms with Gasteiger partial charge in [-0.15, -0.1) is 22.7 Å². The molecule has 3 saturated heterocycles. The lowest BCUT2D eigenvalue weighted by atomic mass is 9.86. The molecule has 0 unspecified atom stereocenters. The van der Waals surface area contributed by atoms with Crippen LogP contribution < -0.4 is 20.4 Å². The number of aliphatic carboxylic acids is 1. The summed E-state index contributed by atoms with van der Waals surface area (Å²) in [6.07, 6.45) is 17.9. The summed E-state index contributed by atoms with van der Waals surface area (Å²) < 4.78 is 0. The monoisotopic (exact) mass is 905 g/mol. The van der Waals surface area contributed by atoms with Crippen molar-refractivity contribution in [2.45, 2.75) is 83.7 Å². The molecule has 0 bridgehead atoms. The number of hydrogen-bond acceptors (Lipinski definition) is 14. The highest BCUT2D eigenvalue weighted by Crippen LogP contribution is 2.45. The fourth-order valence-corrected chi connectivity index (χ4v) is 13.4. The van der Waals surface area contributed by atoms with Gasteiger partial charge in [-0.3, -0.25) is 19.6 Å². The van der Waals surface area contributed by atoms with Crippen molar-refractivity contribution < 1.29 is 14.7 Å². The number of hydrogen-bond donors (Lipinski definition) is 3. The second kappa shape index (κ2) is 16.8. The molecule has 6 aromatic rings. The number of aliphatic imine (C=N–C) groups is 2. The number of amides is 1. The molecule has 3 N–H and O–H groups in total. The predicted molar refractivity (Wildman–Crippen MR) is 260 cm³/mol. The van der Waals surface area contributed by atoms with E-state index in [0.29, 0.717) is 18.7 Å². The number of fused-ring (bicyclic) bond motifs is 8. The van der Waals surface area contributed by atoms with E-state index in [1.54, 1.807) is 35.3 Å². The summed E-state index contributed by atoms with van der Waals surface area (Å²) in [4.78, 5) is 63.0. The van der Waals surface area contributed by atoms with Crippen molar-refractivity contribution in [3.63, 3.8) is 0 Å². The standard InChI is InChI=1S/C26H28N6OS.C23H23N5O2S/c33-26(32-8-3-9-32)16-4-5-19-22(12-16)34-25-23(19)24(28-15-29-25)30-20-10-17-13-27-14-18(17)11-21(20)31-6-1-2-7-31;29-23(30)13-3-4-16-19(9-13)31-22-20(16)21(25-12-26-22)27-17-7-14-10-24-11-15(14)8-18(17)28-5-1-2-6-28/h10-11,13,15-16H,1-9,12,14H2,(H,28,29,30);7-8,10,12-13H,1-6,9,11H2,(H,29,30)(H,25,26,27)/t16-;13-/m00/s1. The molecule has 7 aliphatic rings. The van der Waals surface area contributed by atoms with E-state index in [1.165, 1.54) is 69.8 Å². The molecule has 2 aromatic carbocycles. The van der Waals surface area contributed by atoms with E-state index >= 15 is 0 Å². The third kappa shape index (κ3) is 7.47. The number of carboxylic acids is 1. The predicted octanol–water partition coefficient (Wildman–Crippen LogP) is 8.46. The van der Waals surface area contributed by atoms with E-state index < -0.39 is 5.97 Å². The number of aromatic nitrogens is 4. The van der Waals surface area contributed by atoms with Gasteiger partial charge in [0, 0.05) is 67.4 Å². The molecule has 3 fully saturated rings. The van der Waals surface area contributed by atoms with Crippen LogP contribution in [-0.4, -0.2) is 93.5 Å². The summed E-state index contributed by atoms with van der Waals surface area (Å²) >= 11 is 3.35. The Balaban J connectivity index is 0.000000137. The summed E-state index contributed by atoms with van der Waals surface area (Å²) in [6, 6.07) is 9.00. The first-order valence-corrected chi connectivity index (χ1v) is 24.9. The fourth-order valence-electron chi connectivity index (χ4n) is 10.8. The van der Waals surface area contributed by atoms with E-state index in [1.807, 2.05) is 17.3 Å². The Hall–Kier alpha value is -6.00. The molecule has 2 atom stereocenters. The number of carbonyl (C=O) groups is 2. The van der Waals surface area contributed by atoms with Crippen molar-refractivity contribution in [2.75, 3.05) is 59.7 Å². The lowest BCUT2D eigenvalue weighted by molar-refractivity contribution is -0.142. The van der Waals surface area contributed by atoms with Gasteiger partial charge in [0.2, 0.25) is 5.91 Å². The second-order valence-electron chi connectivity index (χ2n) is 18.4. The zero-order valence-corrected chi connectivity index (χ0v) is 37.9. The third-order valence-corrected chi connectivity index (χ3v) is 16.8. The van der Waals surface area contributed by atoms with Gasteiger partial charge in [0.1, 0.15) is 34.0 Å². The van der Waals surface area contributed by atoms with Crippen LogP contribution in [0.5, 0.6) is 0 Å². The van der Waals surface area contributed by atoms with Crippen molar-refractivity contribution in [2.24, 2.45) is 21.8 Å². The molecular weight excluding hydrogens is 855 g/mol. The van der Waals surface area contributed by atoms with Gasteiger partial charge in [0.25, 0.3) is 0 Å². The van der Waals surface area contributed by atoms with Crippen LogP contribution >= 0.6 is 22.7 Å². The molecule has 332 valence electrons. The third-order valence-electron chi connectivity index (χ3n) is 14.5. The molecule has 4 aromatic heterocycles. The summed E-state index contributed by atoms with van der Waals surface area (Å²) in [7, 11) is 0. The van der Waals surface area contributed by atoms with E-state index in [9.17, 15) is 14.7 Å². The minimum absolute atomic E-state index is 0.114. The van der Waals surface area contributed by atoms with E-state index in [2.05, 4.69) is 69.6 Å². The topological polar surface area (TPSA) is 164 Å². The Morgan fingerprint density at radius 3 is 1.58 bits per heavy atom. The SMILES string of the molecule is O=C(O)[C@H]1CCc2c(sc3ncnc(Nc4cc5c(cc4N4CCCC4)CN=C5)c23)C1.O=C([C@H]1CCc2c(sc3ncnc(Nc4cc5c(cc4N4CCCC4)CN=C5)c23)C1)N1CCC1. The molecule has 14 nitrogen and oxygen atoms in total. The Morgan fingerprint density at radius 1 is 0.615 bits per heavy atom. The Morgan fingerprint density at radius 2 is 1.11 bits per heavy atom. The number of carbonyl (C=O) groups excluding carboxylic acids is 1. The Labute approximate surface area is 385 Å². The number of benzene rings is 2. The molecule has 65 heavy (non-hydrogen) atoms. The van der Waals surface area contributed by atoms with Crippen molar-refractivity contribution in [3.8, 4) is 0 Å². The van der Waals surface area contributed by atoms with E-state index in [4.69, 9.17) is 4.98 Å². The van der Waals surface area contributed by atoms with E-state index in [0.717, 1.165) is 138 Å². The number of nitrogens with zero attached hydrogens (tertiary/aromatic N) is 9. The van der Waals surface area contributed by atoms with Crippen LogP contribution in [0.4, 0.5) is 34.4 Å². The minimum atomic E-state index is -0.706. The van der Waals surface area contributed by atoms with Gasteiger partial charge >= 0.3 is 5.97 Å². The first-order chi connectivity index (χ1) is 31.9. The zero-order valence-electron chi connectivity index (χ0n) is 36.3. The molecule has 16 heteroatoms. The number of likely N-dealkylation sites (tertiary alicyclic amines) is 1. The maximum atomic E-state index is 12.8. The number of thiophene rings is 2. The number of carboxylic acid groups (broad SMARTS) is 1. The zero-order chi connectivity index (χ0) is 43.6. The lowest BCUT2D eigenvalue weighted by Gasteiger charge is -2.35. The van der Waals surface area contributed by atoms with Crippen molar-refractivity contribution in [3.05, 3.63) is 80.1 Å². The molecule has 9 heterocycles. The molecule has 5 aliphatic heterocycles. The highest BCUT2D eigenvalue weighted by Gasteiger charge is 2.34. The largest absolute Gasteiger partial charge is 0.481 e. The summed E-state index contributed by atoms with van der Waals surface area (Å²) in [5.41, 5.74) is 12.1. The van der Waals surface area contributed by atoms with Crippen LogP contribution in [0.25, 0.3) is 20.4 Å². The van der Waals surface area contributed by atoms with Gasteiger partial charge < -0.3 is 30.4 Å². The Kier molecular flexibility index (Phi) is 10.5. The molecule has 2 aliphatic carbocycles. The first-order valence-electron chi connectivity index (χ1n) is 23.3. The number of rotatable bonds is 8. The van der Waals surface area contributed by atoms with Crippen LogP contribution in [0, 0.1) is 11.8 Å². The van der Waals surface area contributed by atoms with Gasteiger partial charge in [0.05, 0.1) is 52.5 Å².